The van der Waals surface area contributed by atoms with Crippen LogP contribution in [0.4, 0.5) is 0 Å². The molecule has 1 aromatic carbocycles. The van der Waals surface area contributed by atoms with Gasteiger partial charge in [0, 0.05) is 23.0 Å². The number of benzene rings is 1. The van der Waals surface area contributed by atoms with Gasteiger partial charge in [-0.1, -0.05) is 29.3 Å². The summed E-state index contributed by atoms with van der Waals surface area (Å²) in [7, 11) is 2.21. The summed E-state index contributed by atoms with van der Waals surface area (Å²) in [5, 5.41) is 0. The number of likely N-dealkylation sites (N-methyl/N-ethyl adjacent to an activating group) is 1. The molecule has 1 unspecified atom stereocenters. The Hall–Kier alpha value is -0.320. The second kappa shape index (κ2) is 6.66. The minimum Gasteiger partial charge on any atom is -0.467 e. The molecule has 0 amide bonds. The maximum Gasteiger partial charge on any atom is 0.185 e. The summed E-state index contributed by atoms with van der Waals surface area (Å²) >= 11 is 7.25. The Labute approximate surface area is 150 Å². The summed E-state index contributed by atoms with van der Waals surface area (Å²) in [6.07, 6.45) is 9.51. The minimum absolute atomic E-state index is 0.239. The zero-order valence-corrected chi connectivity index (χ0v) is 16.5. The molecular formula is C18H23Br2NO. The van der Waals surface area contributed by atoms with Crippen molar-refractivity contribution in [2.75, 3.05) is 13.6 Å². The Morgan fingerprint density at radius 2 is 2.09 bits per heavy atom. The van der Waals surface area contributed by atoms with Crippen molar-refractivity contribution in [2.45, 2.75) is 51.2 Å². The van der Waals surface area contributed by atoms with Crippen LogP contribution in [0.25, 0.3) is 6.08 Å². The Kier molecular flexibility index (Phi) is 5.01. The molecule has 120 valence electrons. The summed E-state index contributed by atoms with van der Waals surface area (Å²) in [5.41, 5.74) is 2.38. The lowest BCUT2D eigenvalue weighted by Crippen LogP contribution is -2.55. The summed E-state index contributed by atoms with van der Waals surface area (Å²) in [5.74, 6) is 0.984. The van der Waals surface area contributed by atoms with Gasteiger partial charge in [-0.05, 0) is 72.4 Å². The van der Waals surface area contributed by atoms with Gasteiger partial charge in [-0.25, -0.2) is 0 Å². The summed E-state index contributed by atoms with van der Waals surface area (Å²) in [4.78, 5) is 2.43. The second-order valence-electron chi connectivity index (χ2n) is 6.34. The number of hydrogen-bond acceptors (Lipinski definition) is 2. The normalized spacial score (nSPS) is 23.6. The van der Waals surface area contributed by atoms with E-state index in [9.17, 15) is 0 Å². The molecule has 0 saturated heterocycles. The average molecular weight is 429 g/mol. The van der Waals surface area contributed by atoms with E-state index in [2.05, 4.69) is 68.9 Å². The number of ether oxygens (including phenoxy) is 1. The van der Waals surface area contributed by atoms with Crippen molar-refractivity contribution in [3.8, 4) is 5.75 Å². The maximum absolute atomic E-state index is 6.66. The molecule has 1 atom stereocenters. The van der Waals surface area contributed by atoms with Crippen LogP contribution in [0, 0.1) is 0 Å². The molecule has 2 nitrogen and oxygen atoms in total. The third kappa shape index (κ3) is 2.90. The van der Waals surface area contributed by atoms with Gasteiger partial charge in [0.05, 0.1) is 4.47 Å². The van der Waals surface area contributed by atoms with Crippen molar-refractivity contribution in [2.24, 2.45) is 0 Å². The number of halogens is 2. The predicted octanol–water partition coefficient (Wildman–Crippen LogP) is 5.99. The number of fused-ring (bicyclic) bond motifs is 2. The van der Waals surface area contributed by atoms with Crippen LogP contribution in [0.3, 0.4) is 0 Å². The standard InChI is InChI=1S/C18H23Br2NO/c1-3-4-9-21(2)18-8-6-5-7-14(18)10-13-11-15(19)12-16(20)17(13)22-18/h10-12H,3-9H2,1-2H3. The fraction of sp³-hybridized carbons (Fsp3) is 0.556. The zero-order valence-electron chi connectivity index (χ0n) is 13.3. The van der Waals surface area contributed by atoms with Crippen LogP contribution in [0.15, 0.2) is 26.7 Å². The van der Waals surface area contributed by atoms with Crippen molar-refractivity contribution in [3.63, 3.8) is 0 Å². The quantitative estimate of drug-likeness (QED) is 0.583. The summed E-state index contributed by atoms with van der Waals surface area (Å²) in [6.45, 7) is 3.32. The van der Waals surface area contributed by atoms with Crippen molar-refractivity contribution in [3.05, 3.63) is 32.2 Å². The number of unbranched alkanes of at least 4 members (excludes halogenated alkanes) is 1. The highest BCUT2D eigenvalue weighted by Gasteiger charge is 2.45. The molecule has 0 bridgehead atoms. The van der Waals surface area contributed by atoms with Crippen LogP contribution in [0.2, 0.25) is 0 Å². The van der Waals surface area contributed by atoms with Crippen LogP contribution in [0.1, 0.15) is 51.0 Å². The van der Waals surface area contributed by atoms with E-state index in [0.29, 0.717) is 0 Å². The van der Waals surface area contributed by atoms with Gasteiger partial charge in [0.1, 0.15) is 5.75 Å². The van der Waals surface area contributed by atoms with Gasteiger partial charge in [0.25, 0.3) is 0 Å². The average Bonchev–Trinajstić information content (AvgIpc) is 2.50. The molecule has 1 heterocycles. The van der Waals surface area contributed by atoms with E-state index in [1.807, 2.05) is 0 Å². The number of rotatable bonds is 4. The fourth-order valence-corrected chi connectivity index (χ4v) is 4.92. The van der Waals surface area contributed by atoms with Gasteiger partial charge in [-0.15, -0.1) is 0 Å². The number of nitrogens with zero attached hydrogens (tertiary/aromatic N) is 1. The van der Waals surface area contributed by atoms with Crippen LogP contribution >= 0.6 is 31.9 Å². The predicted molar refractivity (Wildman–Crippen MR) is 99.2 cm³/mol. The van der Waals surface area contributed by atoms with Crippen LogP contribution in [-0.4, -0.2) is 24.2 Å². The summed E-state index contributed by atoms with van der Waals surface area (Å²) in [6, 6.07) is 4.22. The van der Waals surface area contributed by atoms with E-state index in [1.54, 1.807) is 0 Å². The van der Waals surface area contributed by atoms with Gasteiger partial charge in [0.2, 0.25) is 0 Å². The molecule has 1 aliphatic heterocycles. The fourth-order valence-electron chi connectivity index (χ4n) is 3.58. The third-order valence-corrected chi connectivity index (χ3v) is 5.86. The van der Waals surface area contributed by atoms with Gasteiger partial charge in [-0.2, -0.15) is 0 Å². The SMILES string of the molecule is CCCCN(C)C12CCCCC1=Cc1cc(Br)cc(Br)c1O2. The highest BCUT2D eigenvalue weighted by molar-refractivity contribution is 9.11. The third-order valence-electron chi connectivity index (χ3n) is 4.81. The van der Waals surface area contributed by atoms with Crippen molar-refractivity contribution in [1.29, 1.82) is 0 Å². The van der Waals surface area contributed by atoms with Gasteiger partial charge >= 0.3 is 0 Å². The summed E-state index contributed by atoms with van der Waals surface area (Å²) < 4.78 is 8.77. The van der Waals surface area contributed by atoms with E-state index >= 15 is 0 Å². The largest absolute Gasteiger partial charge is 0.467 e. The highest BCUT2D eigenvalue weighted by Crippen LogP contribution is 2.48. The van der Waals surface area contributed by atoms with Gasteiger partial charge < -0.3 is 4.74 Å². The minimum atomic E-state index is -0.239. The first kappa shape index (κ1) is 16.5. The molecule has 0 radical (unpaired) electrons. The van der Waals surface area contributed by atoms with E-state index in [1.165, 1.54) is 36.8 Å². The van der Waals surface area contributed by atoms with E-state index < -0.39 is 0 Å². The Balaban J connectivity index is 2.02. The lowest BCUT2D eigenvalue weighted by molar-refractivity contribution is -0.0604. The lowest BCUT2D eigenvalue weighted by atomic mass is 9.82. The highest BCUT2D eigenvalue weighted by atomic mass is 79.9. The monoisotopic (exact) mass is 427 g/mol. The zero-order chi connectivity index (χ0) is 15.7. The Morgan fingerprint density at radius 1 is 1.27 bits per heavy atom. The molecule has 4 heteroatoms. The van der Waals surface area contributed by atoms with Crippen molar-refractivity contribution >= 4 is 37.9 Å². The van der Waals surface area contributed by atoms with Crippen molar-refractivity contribution in [1.82, 2.24) is 4.90 Å². The maximum atomic E-state index is 6.66. The van der Waals surface area contributed by atoms with E-state index in [0.717, 1.165) is 34.1 Å². The first-order valence-corrected chi connectivity index (χ1v) is 9.76. The molecular weight excluding hydrogens is 406 g/mol. The number of hydrogen-bond donors (Lipinski definition) is 0. The van der Waals surface area contributed by atoms with Crippen LogP contribution in [-0.2, 0) is 0 Å². The lowest BCUT2D eigenvalue weighted by Gasteiger charge is -2.48. The molecule has 0 aromatic heterocycles. The molecule has 1 fully saturated rings. The first-order chi connectivity index (χ1) is 10.6. The molecule has 1 saturated carbocycles. The topological polar surface area (TPSA) is 12.5 Å². The first-order valence-electron chi connectivity index (χ1n) is 8.17. The van der Waals surface area contributed by atoms with Gasteiger partial charge in [0.15, 0.2) is 5.72 Å². The molecule has 1 aliphatic carbocycles. The molecule has 0 spiro atoms. The molecule has 1 aromatic rings. The Morgan fingerprint density at radius 3 is 2.86 bits per heavy atom. The van der Waals surface area contributed by atoms with E-state index in [-0.39, 0.29) is 5.72 Å². The van der Waals surface area contributed by atoms with E-state index in [4.69, 9.17) is 4.74 Å². The molecule has 3 rings (SSSR count). The second-order valence-corrected chi connectivity index (χ2v) is 8.11. The molecule has 22 heavy (non-hydrogen) atoms. The van der Waals surface area contributed by atoms with Crippen LogP contribution in [0.5, 0.6) is 5.75 Å². The van der Waals surface area contributed by atoms with Gasteiger partial charge in [-0.3, -0.25) is 4.90 Å². The molecule has 0 N–H and O–H groups in total. The smallest absolute Gasteiger partial charge is 0.185 e. The Bertz CT molecular complexity index is 599. The van der Waals surface area contributed by atoms with Crippen LogP contribution < -0.4 is 4.74 Å². The van der Waals surface area contributed by atoms with Crippen molar-refractivity contribution < 1.29 is 4.74 Å². The molecule has 2 aliphatic rings.